The Bertz CT molecular complexity index is 448. The molecule has 3 nitrogen and oxygen atoms in total. The van der Waals surface area contributed by atoms with Crippen molar-refractivity contribution in [3.63, 3.8) is 0 Å². The monoisotopic (exact) mass is 278 g/mol. The van der Waals surface area contributed by atoms with Crippen LogP contribution in [0.15, 0.2) is 29.3 Å². The molecule has 0 aliphatic carbocycles. The van der Waals surface area contributed by atoms with Crippen LogP contribution in [0.1, 0.15) is 19.4 Å². The fraction of sp³-hybridized carbons (Fsp3) is 0.533. The standard InChI is InChI=1S/C15H22N2OS/c1-11-5-4-6-14(9-11)18-8-7-16-15-17-13(3)12(2)10-19-15/h4-6,9,12-13H,7-8,10H2,1-3H3,(H,16,17). The Balaban J connectivity index is 1.74. The molecule has 0 radical (unpaired) electrons. The molecule has 0 amide bonds. The van der Waals surface area contributed by atoms with Gasteiger partial charge >= 0.3 is 0 Å². The molecule has 19 heavy (non-hydrogen) atoms. The van der Waals surface area contributed by atoms with Gasteiger partial charge in [-0.15, -0.1) is 0 Å². The lowest BCUT2D eigenvalue weighted by Crippen LogP contribution is -2.41. The Morgan fingerprint density at radius 2 is 2.26 bits per heavy atom. The van der Waals surface area contributed by atoms with E-state index < -0.39 is 0 Å². The highest BCUT2D eigenvalue weighted by atomic mass is 32.2. The first kappa shape index (κ1) is 14.3. The lowest BCUT2D eigenvalue weighted by molar-refractivity contribution is 0.328. The molecular formula is C15H22N2OS. The van der Waals surface area contributed by atoms with E-state index in [0.717, 1.165) is 16.7 Å². The fourth-order valence-electron chi connectivity index (χ4n) is 1.84. The molecule has 1 N–H and O–H groups in total. The Hall–Kier alpha value is -1.16. The number of amidine groups is 1. The number of thioether (sulfide) groups is 1. The van der Waals surface area contributed by atoms with E-state index in [0.29, 0.717) is 25.1 Å². The van der Waals surface area contributed by atoms with Crippen LogP contribution in [0, 0.1) is 12.8 Å². The highest BCUT2D eigenvalue weighted by Gasteiger charge is 2.20. The fourth-order valence-corrected chi connectivity index (χ4v) is 3.00. The predicted molar refractivity (Wildman–Crippen MR) is 83.2 cm³/mol. The van der Waals surface area contributed by atoms with Crippen LogP contribution in [0.2, 0.25) is 0 Å². The minimum absolute atomic E-state index is 0.512. The van der Waals surface area contributed by atoms with Crippen LogP contribution in [0.5, 0.6) is 5.75 Å². The topological polar surface area (TPSA) is 33.6 Å². The van der Waals surface area contributed by atoms with Gasteiger partial charge in [0.1, 0.15) is 12.4 Å². The smallest absolute Gasteiger partial charge is 0.156 e. The average Bonchev–Trinajstić information content (AvgIpc) is 2.39. The Morgan fingerprint density at radius 3 is 3.00 bits per heavy atom. The molecular weight excluding hydrogens is 256 g/mol. The molecule has 0 spiro atoms. The van der Waals surface area contributed by atoms with Crippen LogP contribution in [-0.4, -0.2) is 30.1 Å². The molecule has 2 atom stereocenters. The normalized spacial score (nSPS) is 25.1. The van der Waals surface area contributed by atoms with Crippen LogP contribution in [0.3, 0.4) is 0 Å². The summed E-state index contributed by atoms with van der Waals surface area (Å²) in [5, 5.41) is 4.49. The molecule has 1 aromatic carbocycles. The van der Waals surface area contributed by atoms with E-state index in [2.05, 4.69) is 37.1 Å². The van der Waals surface area contributed by atoms with E-state index in [1.807, 2.05) is 30.0 Å². The minimum atomic E-state index is 0.512. The zero-order chi connectivity index (χ0) is 13.7. The number of hydrogen-bond donors (Lipinski definition) is 1. The lowest BCUT2D eigenvalue weighted by atomic mass is 10.1. The third-order valence-electron chi connectivity index (χ3n) is 3.29. The average molecular weight is 278 g/mol. The summed E-state index contributed by atoms with van der Waals surface area (Å²) in [5.41, 5.74) is 1.22. The van der Waals surface area contributed by atoms with E-state index in [1.54, 1.807) is 0 Å². The Labute approximate surface area is 119 Å². The molecule has 1 fully saturated rings. The number of nitrogens with one attached hydrogen (secondary N) is 1. The summed E-state index contributed by atoms with van der Waals surface area (Å²) in [6.45, 7) is 7.87. The van der Waals surface area contributed by atoms with Gasteiger partial charge in [0.05, 0.1) is 6.54 Å². The first-order chi connectivity index (χ1) is 9.15. The molecule has 0 aromatic heterocycles. The molecule has 104 valence electrons. The number of hydrogen-bond acceptors (Lipinski definition) is 3. The van der Waals surface area contributed by atoms with Gasteiger partial charge in [0.15, 0.2) is 5.17 Å². The van der Waals surface area contributed by atoms with Crippen molar-refractivity contribution in [1.29, 1.82) is 0 Å². The summed E-state index contributed by atoms with van der Waals surface area (Å²) >= 11 is 1.81. The SMILES string of the molecule is Cc1cccc(OCCN=C2NC(C)C(C)CS2)c1. The molecule has 1 heterocycles. The van der Waals surface area contributed by atoms with Crippen molar-refractivity contribution in [2.45, 2.75) is 26.8 Å². The van der Waals surface area contributed by atoms with Crippen LogP contribution in [-0.2, 0) is 0 Å². The van der Waals surface area contributed by atoms with Crippen LogP contribution >= 0.6 is 11.8 Å². The molecule has 1 aliphatic heterocycles. The molecule has 0 bridgehead atoms. The first-order valence-corrected chi connectivity index (χ1v) is 7.77. The second kappa shape index (κ2) is 6.85. The van der Waals surface area contributed by atoms with Gasteiger partial charge in [-0.3, -0.25) is 4.99 Å². The molecule has 2 rings (SSSR count). The predicted octanol–water partition coefficient (Wildman–Crippen LogP) is 3.09. The van der Waals surface area contributed by atoms with Crippen LogP contribution in [0.25, 0.3) is 0 Å². The quantitative estimate of drug-likeness (QED) is 0.859. The minimum Gasteiger partial charge on any atom is -0.492 e. The molecule has 1 aliphatic rings. The van der Waals surface area contributed by atoms with Gasteiger partial charge in [-0.05, 0) is 37.5 Å². The Morgan fingerprint density at radius 1 is 1.42 bits per heavy atom. The van der Waals surface area contributed by atoms with E-state index in [-0.39, 0.29) is 0 Å². The zero-order valence-corrected chi connectivity index (χ0v) is 12.7. The van der Waals surface area contributed by atoms with Crippen molar-refractivity contribution < 1.29 is 4.74 Å². The van der Waals surface area contributed by atoms with Gasteiger partial charge < -0.3 is 10.1 Å². The highest BCUT2D eigenvalue weighted by molar-refractivity contribution is 8.13. The van der Waals surface area contributed by atoms with Crippen molar-refractivity contribution in [3.8, 4) is 5.75 Å². The summed E-state index contributed by atoms with van der Waals surface area (Å²) in [6.07, 6.45) is 0. The maximum absolute atomic E-state index is 5.68. The molecule has 1 saturated heterocycles. The van der Waals surface area contributed by atoms with Gasteiger partial charge in [-0.25, -0.2) is 0 Å². The van der Waals surface area contributed by atoms with E-state index >= 15 is 0 Å². The van der Waals surface area contributed by atoms with Crippen molar-refractivity contribution in [2.75, 3.05) is 18.9 Å². The number of rotatable bonds is 4. The number of nitrogens with zero attached hydrogens (tertiary/aromatic N) is 1. The first-order valence-electron chi connectivity index (χ1n) is 6.78. The van der Waals surface area contributed by atoms with Gasteiger partial charge in [0.2, 0.25) is 0 Å². The van der Waals surface area contributed by atoms with Crippen molar-refractivity contribution in [3.05, 3.63) is 29.8 Å². The summed E-state index contributed by atoms with van der Waals surface area (Å²) in [7, 11) is 0. The lowest BCUT2D eigenvalue weighted by Gasteiger charge is -2.28. The molecule has 1 aromatic rings. The van der Waals surface area contributed by atoms with E-state index in [4.69, 9.17) is 4.74 Å². The largest absolute Gasteiger partial charge is 0.492 e. The van der Waals surface area contributed by atoms with Crippen LogP contribution < -0.4 is 10.1 Å². The van der Waals surface area contributed by atoms with E-state index in [9.17, 15) is 0 Å². The van der Waals surface area contributed by atoms with E-state index in [1.165, 1.54) is 5.56 Å². The van der Waals surface area contributed by atoms with Crippen molar-refractivity contribution >= 4 is 16.9 Å². The molecule has 0 saturated carbocycles. The molecule has 4 heteroatoms. The number of benzene rings is 1. The Kier molecular flexibility index (Phi) is 5.14. The second-order valence-electron chi connectivity index (χ2n) is 5.07. The maximum atomic E-state index is 5.68. The summed E-state index contributed by atoms with van der Waals surface area (Å²) in [5.74, 6) is 2.77. The number of aliphatic imine (C=N–C) groups is 1. The third-order valence-corrected chi connectivity index (χ3v) is 4.51. The van der Waals surface area contributed by atoms with Crippen LogP contribution in [0.4, 0.5) is 0 Å². The maximum Gasteiger partial charge on any atom is 0.156 e. The number of aryl methyl sites for hydroxylation is 1. The summed E-state index contributed by atoms with van der Waals surface area (Å²) < 4.78 is 5.68. The zero-order valence-electron chi connectivity index (χ0n) is 11.8. The highest BCUT2D eigenvalue weighted by Crippen LogP contribution is 2.19. The summed E-state index contributed by atoms with van der Waals surface area (Å²) in [4.78, 5) is 4.55. The summed E-state index contributed by atoms with van der Waals surface area (Å²) in [6, 6.07) is 8.62. The van der Waals surface area contributed by atoms with Gasteiger partial charge in [0, 0.05) is 11.8 Å². The van der Waals surface area contributed by atoms with Gasteiger partial charge in [0.25, 0.3) is 0 Å². The van der Waals surface area contributed by atoms with Gasteiger partial charge in [-0.2, -0.15) is 0 Å². The third kappa shape index (κ3) is 4.46. The number of ether oxygens (including phenoxy) is 1. The van der Waals surface area contributed by atoms with Crippen molar-refractivity contribution in [1.82, 2.24) is 5.32 Å². The second-order valence-corrected chi connectivity index (χ2v) is 6.08. The van der Waals surface area contributed by atoms with Crippen molar-refractivity contribution in [2.24, 2.45) is 10.9 Å². The van der Waals surface area contributed by atoms with Gasteiger partial charge in [-0.1, -0.05) is 30.8 Å². The molecule has 2 unspecified atom stereocenters.